The molecule has 0 saturated carbocycles. The van der Waals surface area contributed by atoms with E-state index in [9.17, 15) is 4.79 Å². The molecule has 5 nitrogen and oxygen atoms in total. The first kappa shape index (κ1) is 12.3. The van der Waals surface area contributed by atoms with E-state index in [-0.39, 0.29) is 5.97 Å². The van der Waals surface area contributed by atoms with E-state index in [2.05, 4.69) is 10.1 Å². The molecule has 0 bridgehead atoms. The highest BCUT2D eigenvalue weighted by atomic mass is 16.5. The number of carbonyl (C=O) groups is 1. The number of hydrogen-bond donors (Lipinski definition) is 0. The van der Waals surface area contributed by atoms with Crippen LogP contribution in [0.3, 0.4) is 0 Å². The third-order valence-corrected chi connectivity index (χ3v) is 2.71. The SMILES string of the molecule is CCOC(=O)c1nn(C)c(-c2ccncc2)c1C. The molecule has 0 spiro atoms. The van der Waals surface area contributed by atoms with Crippen LogP contribution >= 0.6 is 0 Å². The molecule has 2 aromatic rings. The lowest BCUT2D eigenvalue weighted by atomic mass is 10.1. The van der Waals surface area contributed by atoms with Gasteiger partial charge in [0.15, 0.2) is 5.69 Å². The molecule has 2 aromatic heterocycles. The minimum Gasteiger partial charge on any atom is -0.461 e. The summed E-state index contributed by atoms with van der Waals surface area (Å²) in [6.07, 6.45) is 3.43. The first-order valence-corrected chi connectivity index (χ1v) is 5.76. The Labute approximate surface area is 105 Å². The van der Waals surface area contributed by atoms with Gasteiger partial charge in [0.1, 0.15) is 0 Å². The van der Waals surface area contributed by atoms with E-state index in [0.29, 0.717) is 12.3 Å². The number of rotatable bonds is 3. The van der Waals surface area contributed by atoms with Crippen molar-refractivity contribution in [2.45, 2.75) is 13.8 Å². The number of hydrogen-bond acceptors (Lipinski definition) is 4. The second-order valence-corrected chi connectivity index (χ2v) is 3.90. The van der Waals surface area contributed by atoms with Gasteiger partial charge in [0.2, 0.25) is 0 Å². The van der Waals surface area contributed by atoms with E-state index in [4.69, 9.17) is 4.74 Å². The minimum absolute atomic E-state index is 0.347. The maximum atomic E-state index is 11.8. The fourth-order valence-corrected chi connectivity index (χ4v) is 1.94. The Bertz CT molecular complexity index is 561. The van der Waals surface area contributed by atoms with Crippen molar-refractivity contribution in [3.8, 4) is 11.3 Å². The zero-order valence-corrected chi connectivity index (χ0v) is 10.7. The van der Waals surface area contributed by atoms with Crippen LogP contribution in [0.2, 0.25) is 0 Å². The van der Waals surface area contributed by atoms with Crippen molar-refractivity contribution in [3.05, 3.63) is 35.8 Å². The number of ether oxygens (including phenoxy) is 1. The number of esters is 1. The number of pyridine rings is 1. The minimum atomic E-state index is -0.383. The lowest BCUT2D eigenvalue weighted by Crippen LogP contribution is -2.07. The van der Waals surface area contributed by atoms with Gasteiger partial charge in [0.25, 0.3) is 0 Å². The zero-order chi connectivity index (χ0) is 13.1. The molecule has 0 unspecified atom stereocenters. The summed E-state index contributed by atoms with van der Waals surface area (Å²) in [6, 6.07) is 3.78. The molecule has 0 saturated heterocycles. The van der Waals surface area contributed by atoms with Crippen molar-refractivity contribution in [1.82, 2.24) is 14.8 Å². The normalized spacial score (nSPS) is 10.4. The summed E-state index contributed by atoms with van der Waals surface area (Å²) >= 11 is 0. The van der Waals surface area contributed by atoms with Crippen LogP contribution in [0.5, 0.6) is 0 Å². The highest BCUT2D eigenvalue weighted by molar-refractivity contribution is 5.91. The van der Waals surface area contributed by atoms with Gasteiger partial charge in [-0.3, -0.25) is 9.67 Å². The van der Waals surface area contributed by atoms with Crippen molar-refractivity contribution < 1.29 is 9.53 Å². The van der Waals surface area contributed by atoms with Crippen LogP contribution in [0.25, 0.3) is 11.3 Å². The Morgan fingerprint density at radius 3 is 2.67 bits per heavy atom. The molecule has 0 aromatic carbocycles. The number of aromatic nitrogens is 3. The molecule has 0 atom stereocenters. The van der Waals surface area contributed by atoms with Crippen LogP contribution in [0.4, 0.5) is 0 Å². The average Bonchev–Trinajstić information content (AvgIpc) is 2.66. The van der Waals surface area contributed by atoms with Crippen LogP contribution < -0.4 is 0 Å². The van der Waals surface area contributed by atoms with Crippen LogP contribution in [0.15, 0.2) is 24.5 Å². The topological polar surface area (TPSA) is 57.0 Å². The summed E-state index contributed by atoms with van der Waals surface area (Å²) in [5, 5.41) is 4.23. The summed E-state index contributed by atoms with van der Waals surface area (Å²) < 4.78 is 6.68. The van der Waals surface area contributed by atoms with Gasteiger partial charge in [-0.2, -0.15) is 5.10 Å². The van der Waals surface area contributed by atoms with Gasteiger partial charge >= 0.3 is 5.97 Å². The second-order valence-electron chi connectivity index (χ2n) is 3.90. The summed E-state index contributed by atoms with van der Waals surface area (Å²) in [7, 11) is 1.81. The van der Waals surface area contributed by atoms with Crippen LogP contribution in [-0.4, -0.2) is 27.3 Å². The molecule has 2 rings (SSSR count). The number of nitrogens with zero attached hydrogens (tertiary/aromatic N) is 3. The fourth-order valence-electron chi connectivity index (χ4n) is 1.94. The number of carbonyl (C=O) groups excluding carboxylic acids is 1. The maximum absolute atomic E-state index is 11.8. The molecule has 0 radical (unpaired) electrons. The Hall–Kier alpha value is -2.17. The van der Waals surface area contributed by atoms with Crippen molar-refractivity contribution >= 4 is 5.97 Å². The lowest BCUT2D eigenvalue weighted by Gasteiger charge is -2.02. The molecule has 18 heavy (non-hydrogen) atoms. The largest absolute Gasteiger partial charge is 0.461 e. The standard InChI is InChI=1S/C13H15N3O2/c1-4-18-13(17)11-9(2)12(16(3)15-11)10-5-7-14-8-6-10/h5-8H,4H2,1-3H3. The third kappa shape index (κ3) is 2.11. The molecule has 5 heteroatoms. The van der Waals surface area contributed by atoms with Crippen LogP contribution in [0.1, 0.15) is 23.0 Å². The highest BCUT2D eigenvalue weighted by Crippen LogP contribution is 2.24. The molecule has 0 aliphatic carbocycles. The Kier molecular flexibility index (Phi) is 3.41. The Balaban J connectivity index is 2.48. The third-order valence-electron chi connectivity index (χ3n) is 2.71. The van der Waals surface area contributed by atoms with Gasteiger partial charge in [-0.1, -0.05) is 0 Å². The van der Waals surface area contributed by atoms with Crippen molar-refractivity contribution in [2.24, 2.45) is 7.05 Å². The van der Waals surface area contributed by atoms with Crippen molar-refractivity contribution in [1.29, 1.82) is 0 Å². The van der Waals surface area contributed by atoms with E-state index in [1.165, 1.54) is 0 Å². The summed E-state index contributed by atoms with van der Waals surface area (Å²) in [5.41, 5.74) is 3.07. The summed E-state index contributed by atoms with van der Waals surface area (Å²) in [4.78, 5) is 15.7. The molecule has 0 N–H and O–H groups in total. The van der Waals surface area contributed by atoms with Gasteiger partial charge in [-0.15, -0.1) is 0 Å². The molecule has 0 fully saturated rings. The van der Waals surface area contributed by atoms with Gasteiger partial charge in [-0.05, 0) is 26.0 Å². The molecule has 2 heterocycles. The zero-order valence-electron chi connectivity index (χ0n) is 10.7. The smallest absolute Gasteiger partial charge is 0.359 e. The highest BCUT2D eigenvalue weighted by Gasteiger charge is 2.20. The van der Waals surface area contributed by atoms with Gasteiger partial charge < -0.3 is 4.74 Å². The monoisotopic (exact) mass is 245 g/mol. The quantitative estimate of drug-likeness (QED) is 0.776. The molecular formula is C13H15N3O2. The van der Waals surface area contributed by atoms with E-state index in [0.717, 1.165) is 16.8 Å². The summed E-state index contributed by atoms with van der Waals surface area (Å²) in [6.45, 7) is 3.99. The molecule has 0 aliphatic rings. The predicted octanol–water partition coefficient (Wildman–Crippen LogP) is 1.97. The van der Waals surface area contributed by atoms with Crippen molar-refractivity contribution in [2.75, 3.05) is 6.61 Å². The Morgan fingerprint density at radius 1 is 1.39 bits per heavy atom. The van der Waals surface area contributed by atoms with Crippen molar-refractivity contribution in [3.63, 3.8) is 0 Å². The van der Waals surface area contributed by atoms with Gasteiger partial charge in [0.05, 0.1) is 12.3 Å². The lowest BCUT2D eigenvalue weighted by molar-refractivity contribution is 0.0518. The van der Waals surface area contributed by atoms with E-state index >= 15 is 0 Å². The van der Waals surface area contributed by atoms with Gasteiger partial charge in [-0.25, -0.2) is 4.79 Å². The van der Waals surface area contributed by atoms with E-state index < -0.39 is 0 Å². The predicted molar refractivity (Wildman–Crippen MR) is 67.1 cm³/mol. The summed E-state index contributed by atoms with van der Waals surface area (Å²) in [5.74, 6) is -0.383. The number of aryl methyl sites for hydroxylation is 1. The first-order valence-electron chi connectivity index (χ1n) is 5.76. The van der Waals surface area contributed by atoms with E-state index in [1.807, 2.05) is 26.1 Å². The molecule has 0 amide bonds. The molecule has 0 aliphatic heterocycles. The van der Waals surface area contributed by atoms with Gasteiger partial charge in [0, 0.05) is 30.6 Å². The van der Waals surface area contributed by atoms with Crippen LogP contribution in [0, 0.1) is 6.92 Å². The molecule has 94 valence electrons. The van der Waals surface area contributed by atoms with E-state index in [1.54, 1.807) is 24.0 Å². The Morgan fingerprint density at radius 2 is 2.06 bits per heavy atom. The van der Waals surface area contributed by atoms with Crippen LogP contribution in [-0.2, 0) is 11.8 Å². The second kappa shape index (κ2) is 5.00. The maximum Gasteiger partial charge on any atom is 0.359 e. The fraction of sp³-hybridized carbons (Fsp3) is 0.308. The molecular weight excluding hydrogens is 230 g/mol. The average molecular weight is 245 g/mol. The first-order chi connectivity index (χ1) is 8.65.